The van der Waals surface area contributed by atoms with Gasteiger partial charge in [0.05, 0.1) is 39.3 Å². The van der Waals surface area contributed by atoms with Crippen LogP contribution in [0.25, 0.3) is 0 Å². The van der Waals surface area contributed by atoms with E-state index < -0.39 is 71.1 Å². The second-order valence-electron chi connectivity index (χ2n) is 10.3. The topological polar surface area (TPSA) is 315 Å². The average molecular weight is 757 g/mol. The molecule has 2 aliphatic carbocycles. The second-order valence-corrected chi connectivity index (χ2v) is 11.7. The number of carboxylic acids is 1. The normalized spacial score (nSPS) is 16.2. The number of aliphatic carboxylic acids is 1. The maximum Gasteiger partial charge on any atom is 1.00 e. The number of hydrazine groups is 1. The molecule has 0 saturated heterocycles. The van der Waals surface area contributed by atoms with Crippen LogP contribution in [-0.4, -0.2) is 41.9 Å². The van der Waals surface area contributed by atoms with Gasteiger partial charge in [0.1, 0.15) is 26.9 Å². The first-order valence-corrected chi connectivity index (χ1v) is 15.6. The number of carbonyl (C=O) groups is 3. The third kappa shape index (κ3) is 10.6. The number of allylic oxidation sites excluding steroid dienone is 6. The van der Waals surface area contributed by atoms with E-state index in [1.54, 1.807) is 0 Å². The second kappa shape index (κ2) is 17.9. The molecule has 0 spiro atoms. The van der Waals surface area contributed by atoms with Crippen molar-refractivity contribution in [2.24, 2.45) is 20.4 Å². The number of nitrogens with zero attached hydrogens (tertiary/aromatic N) is 4. The number of nitrogen functional groups attached to an aromatic ring is 2. The van der Waals surface area contributed by atoms with Gasteiger partial charge >= 0.3 is 59.1 Å². The molecule has 0 radical (unpaired) electrons. The van der Waals surface area contributed by atoms with E-state index in [1.165, 1.54) is 48.5 Å². The van der Waals surface area contributed by atoms with Crippen LogP contribution in [0.1, 0.15) is 0 Å². The zero-order valence-electron chi connectivity index (χ0n) is 27.6. The fourth-order valence-corrected chi connectivity index (χ4v) is 4.70. The maximum atomic E-state index is 13.1. The average Bonchev–Trinajstić information content (AvgIpc) is 3.08. The third-order valence-corrected chi connectivity index (χ3v) is 7.57. The molecule has 2 aliphatic rings. The summed E-state index contributed by atoms with van der Waals surface area (Å²) in [5, 5.41) is 25.3. The number of carbonyl (C=O) groups excluding carboxylic acids is 3. The van der Waals surface area contributed by atoms with Gasteiger partial charge in [0.15, 0.2) is 11.1 Å². The molecule has 0 aromatic heterocycles. The minimum atomic E-state index is -5.09. The number of nitrogens with one attached hydrogen (secondary N) is 4. The molecule has 3 aromatic rings. The summed E-state index contributed by atoms with van der Waals surface area (Å²) in [6, 6.07) is 12.5. The molecule has 0 heterocycles. The van der Waals surface area contributed by atoms with Crippen molar-refractivity contribution in [1.82, 2.24) is 5.43 Å². The van der Waals surface area contributed by atoms with E-state index in [9.17, 15) is 42.0 Å². The van der Waals surface area contributed by atoms with E-state index in [4.69, 9.17) is 11.5 Å². The van der Waals surface area contributed by atoms with Crippen molar-refractivity contribution in [3.63, 3.8) is 0 Å². The summed E-state index contributed by atoms with van der Waals surface area (Å²) in [5.74, 6) is -3.27. The van der Waals surface area contributed by atoms with Crippen molar-refractivity contribution in [1.29, 1.82) is 0 Å². The zero-order valence-corrected chi connectivity index (χ0v) is 32.4. The molecule has 258 valence electrons. The van der Waals surface area contributed by atoms with Crippen LogP contribution in [0, 0.1) is 0 Å². The predicted molar refractivity (Wildman–Crippen MR) is 181 cm³/mol. The fourth-order valence-electron chi connectivity index (χ4n) is 4.18. The van der Waals surface area contributed by atoms with Crippen LogP contribution in [0.5, 0.6) is 0 Å². The third-order valence-electron chi connectivity index (χ3n) is 6.76. The first-order valence-electron chi connectivity index (χ1n) is 14.2. The first-order chi connectivity index (χ1) is 24.2. The van der Waals surface area contributed by atoms with Gasteiger partial charge in [-0.1, -0.05) is 0 Å². The molecule has 0 fully saturated rings. The zero-order chi connectivity index (χ0) is 36.9. The molecular formula is C31H22N10Na2O9S. The summed E-state index contributed by atoms with van der Waals surface area (Å²) in [5.41, 5.74) is 20.2. The standard InChI is InChI=1S/C31H24N10O9S.2Na/c32-15-1-7-22(21(33)11-15)37-39-24-13-19(51(48,49)50)14-25(29(24)44)40-38-23-8-10-27(43)28(30(23)45)41-35-17-4-2-16(3-5-17)34-36-18-6-9-26(42)20(12-18)31(46)47;;/h1-14,34-35,37,39H,32-33H2,(H,46,47)(H,48,49,50);;/q;2*+1/p-2/b36-18+,38-23-,40-25+,41-28+;;. The molecule has 19 nitrogen and oxygen atoms in total. The Balaban J connectivity index is 0.00000378. The number of benzene rings is 3. The monoisotopic (exact) mass is 756 g/mol. The van der Waals surface area contributed by atoms with E-state index in [-0.39, 0.29) is 76.2 Å². The molecule has 0 atom stereocenters. The van der Waals surface area contributed by atoms with Gasteiger partial charge in [0.25, 0.3) is 0 Å². The molecule has 0 unspecified atom stereocenters. The minimum Gasteiger partial charge on any atom is -0.744 e. The Bertz CT molecular complexity index is 2540. The molecule has 8 N–H and O–H groups in total. The first kappa shape index (κ1) is 42.1. The molecule has 5 rings (SSSR count). The van der Waals surface area contributed by atoms with E-state index in [1.807, 2.05) is 0 Å². The van der Waals surface area contributed by atoms with Gasteiger partial charge in [-0.2, -0.15) is 10.2 Å². The largest absolute Gasteiger partial charge is 1.00 e. The van der Waals surface area contributed by atoms with Crippen LogP contribution in [0.4, 0.5) is 28.4 Å². The minimum absolute atomic E-state index is 0. The van der Waals surface area contributed by atoms with Crippen molar-refractivity contribution in [2.75, 3.05) is 27.7 Å². The fraction of sp³-hybridized carbons (Fsp3) is 0. The summed E-state index contributed by atoms with van der Waals surface area (Å²) in [4.78, 5) is 60.4. The summed E-state index contributed by atoms with van der Waals surface area (Å²) in [6.07, 6.45) is 4.85. The molecule has 53 heavy (non-hydrogen) atoms. The Kier molecular flexibility index (Phi) is 14.3. The maximum absolute atomic E-state index is 13.1. The molecule has 0 aliphatic heterocycles. The van der Waals surface area contributed by atoms with Gasteiger partial charge in [-0.05, 0) is 85.0 Å². The SMILES string of the molecule is Nc1ccc(NNC2=CC(S(=O)(=O)[O-])=C/C(=N\N=c3\ccc(=O)/c(=N\Nc4ccc(N/N=C5\C=CC(=O)C(C(=O)[O-])=C5)cc4)c3=O)C2=O)c(N)c1.[Na+].[Na+]. The van der Waals surface area contributed by atoms with Crippen molar-refractivity contribution in [3.8, 4) is 0 Å². The smallest absolute Gasteiger partial charge is 0.744 e. The number of hydrazone groups is 1. The number of nitrogens with two attached hydrogens (primary N) is 2. The van der Waals surface area contributed by atoms with Crippen molar-refractivity contribution in [2.45, 2.75) is 0 Å². The number of anilines is 5. The number of hydrogen-bond donors (Lipinski definition) is 6. The van der Waals surface area contributed by atoms with Crippen LogP contribution in [0.15, 0.2) is 131 Å². The van der Waals surface area contributed by atoms with Gasteiger partial charge in [0.2, 0.25) is 16.6 Å². The molecular weight excluding hydrogens is 734 g/mol. The van der Waals surface area contributed by atoms with E-state index in [0.29, 0.717) is 23.1 Å². The predicted octanol–water partition coefficient (Wildman–Crippen LogP) is -8.27. The van der Waals surface area contributed by atoms with Crippen molar-refractivity contribution < 1.29 is 91.6 Å². The van der Waals surface area contributed by atoms with Crippen LogP contribution in [-0.2, 0) is 24.5 Å². The Morgan fingerprint density at radius 3 is 2.06 bits per heavy atom. The van der Waals surface area contributed by atoms with E-state index in [2.05, 4.69) is 42.1 Å². The van der Waals surface area contributed by atoms with Gasteiger partial charge in [-0.25, -0.2) is 8.42 Å². The Labute approximate surface area is 342 Å². The van der Waals surface area contributed by atoms with Gasteiger partial charge < -0.3 is 25.9 Å². The number of ketones is 2. The number of Topliss-reactive ketones (excluding diaryl/α,β-unsaturated/α-hetero) is 1. The molecule has 0 saturated carbocycles. The van der Waals surface area contributed by atoms with Crippen molar-refractivity contribution >= 4 is 67.5 Å². The Hall–Kier alpha value is -5.32. The summed E-state index contributed by atoms with van der Waals surface area (Å²) in [6.45, 7) is 0. The van der Waals surface area contributed by atoms with Gasteiger partial charge in [-0.3, -0.25) is 40.9 Å². The quantitative estimate of drug-likeness (QED) is 0.0213. The summed E-state index contributed by atoms with van der Waals surface area (Å²) >= 11 is 0. The number of rotatable bonds is 10. The molecule has 3 aromatic carbocycles. The molecule has 0 amide bonds. The van der Waals surface area contributed by atoms with Gasteiger partial charge in [0, 0.05) is 11.3 Å². The molecule has 22 heteroatoms. The van der Waals surface area contributed by atoms with E-state index in [0.717, 1.165) is 30.4 Å². The van der Waals surface area contributed by atoms with Crippen LogP contribution >= 0.6 is 0 Å². The summed E-state index contributed by atoms with van der Waals surface area (Å²) in [7, 11) is -5.09. The number of carboxylic acid groups (broad SMARTS) is 1. The van der Waals surface area contributed by atoms with Crippen LogP contribution in [0.2, 0.25) is 0 Å². The molecule has 0 bridgehead atoms. The Morgan fingerprint density at radius 2 is 1.43 bits per heavy atom. The Morgan fingerprint density at radius 1 is 0.774 bits per heavy atom. The van der Waals surface area contributed by atoms with Crippen LogP contribution < -0.4 is 119 Å². The number of hydrogen-bond acceptors (Lipinski definition) is 19. The van der Waals surface area contributed by atoms with Crippen LogP contribution in [0.3, 0.4) is 0 Å². The van der Waals surface area contributed by atoms with E-state index >= 15 is 0 Å². The summed E-state index contributed by atoms with van der Waals surface area (Å²) < 4.78 is 35.4. The van der Waals surface area contributed by atoms with Crippen molar-refractivity contribution in [3.05, 3.63) is 132 Å². The van der Waals surface area contributed by atoms with Gasteiger partial charge in [-0.15, -0.1) is 10.2 Å².